The maximum Gasteiger partial charge on any atom is 0.340 e. The predicted octanol–water partition coefficient (Wildman–Crippen LogP) is 3.48. The average Bonchev–Trinajstić information content (AvgIpc) is 3.09. The smallest absolute Gasteiger partial charge is 0.340 e. The Hall–Kier alpha value is -3.20. The van der Waals surface area contributed by atoms with Crippen molar-refractivity contribution in [3.05, 3.63) is 80.9 Å². The van der Waals surface area contributed by atoms with Gasteiger partial charge >= 0.3 is 5.97 Å². The number of Topliss-reactive ketones (excluding diaryl/α,β-unsaturated/α-hetero) is 1. The quantitative estimate of drug-likeness (QED) is 0.542. The van der Waals surface area contributed by atoms with E-state index in [0.717, 1.165) is 5.56 Å². The zero-order chi connectivity index (χ0) is 23.0. The molecule has 0 unspecified atom stereocenters. The third kappa shape index (κ3) is 4.12. The Morgan fingerprint density at radius 2 is 2.06 bits per heavy atom. The number of ketones is 1. The van der Waals surface area contributed by atoms with Gasteiger partial charge in [0.25, 0.3) is 0 Å². The summed E-state index contributed by atoms with van der Waals surface area (Å²) in [6.07, 6.45) is 3.91. The highest BCUT2D eigenvalue weighted by Gasteiger charge is 2.31. The standard InChI is InChI=1S/C23H21BrFN3O4/c1-27-5-6-28(23(27)26)11-14-9-17-20(29)15(12-32-21(17)18(24)10-14)7-13-3-4-19(25)16(8-13)22(30)31-2/h3-6,8-10,15,26H,7,11-12H2,1-2H3/t15-/m0/s1. The Kier molecular flexibility index (Phi) is 6.01. The predicted molar refractivity (Wildman–Crippen MR) is 117 cm³/mol. The number of methoxy groups -OCH3 is 1. The second-order valence-electron chi connectivity index (χ2n) is 7.70. The number of hydrogen-bond acceptors (Lipinski definition) is 5. The zero-order valence-corrected chi connectivity index (χ0v) is 19.1. The molecule has 0 spiro atoms. The second-order valence-corrected chi connectivity index (χ2v) is 8.55. The molecule has 0 aliphatic carbocycles. The molecule has 0 amide bonds. The minimum absolute atomic E-state index is 0.0816. The average molecular weight is 502 g/mol. The van der Waals surface area contributed by atoms with Gasteiger partial charge in [0.2, 0.25) is 5.62 Å². The number of carbonyl (C=O) groups is 2. The van der Waals surface area contributed by atoms with Crippen molar-refractivity contribution in [2.24, 2.45) is 13.0 Å². The molecule has 1 atom stereocenters. The lowest BCUT2D eigenvalue weighted by atomic mass is 9.88. The molecule has 9 heteroatoms. The first-order valence-corrected chi connectivity index (χ1v) is 10.7. The van der Waals surface area contributed by atoms with Crippen LogP contribution >= 0.6 is 15.9 Å². The Balaban J connectivity index is 1.60. The minimum Gasteiger partial charge on any atom is -0.491 e. The van der Waals surface area contributed by atoms with Crippen molar-refractivity contribution in [1.29, 1.82) is 5.41 Å². The van der Waals surface area contributed by atoms with Crippen molar-refractivity contribution in [1.82, 2.24) is 9.13 Å². The van der Waals surface area contributed by atoms with Gasteiger partial charge in [0, 0.05) is 19.4 Å². The minimum atomic E-state index is -0.762. The lowest BCUT2D eigenvalue weighted by Gasteiger charge is -2.26. The van der Waals surface area contributed by atoms with Crippen LogP contribution in [0.5, 0.6) is 5.75 Å². The van der Waals surface area contributed by atoms with Gasteiger partial charge in [0.15, 0.2) is 5.78 Å². The molecule has 7 nitrogen and oxygen atoms in total. The summed E-state index contributed by atoms with van der Waals surface area (Å²) < 4.78 is 28.6. The van der Waals surface area contributed by atoms with Gasteiger partial charge in [-0.3, -0.25) is 10.2 Å². The van der Waals surface area contributed by atoms with Gasteiger partial charge in [-0.2, -0.15) is 0 Å². The normalized spacial score (nSPS) is 15.2. The van der Waals surface area contributed by atoms with Crippen LogP contribution in [-0.4, -0.2) is 34.6 Å². The number of fused-ring (bicyclic) bond motifs is 1. The molecule has 1 aromatic heterocycles. The number of carbonyl (C=O) groups excluding carboxylic acids is 2. The molecule has 4 rings (SSSR count). The topological polar surface area (TPSA) is 86.3 Å². The molecular formula is C23H21BrFN3O4. The molecule has 166 valence electrons. The van der Waals surface area contributed by atoms with E-state index in [9.17, 15) is 14.0 Å². The molecule has 0 fully saturated rings. The number of halogens is 2. The molecule has 1 N–H and O–H groups in total. The van der Waals surface area contributed by atoms with Crippen LogP contribution in [0.2, 0.25) is 0 Å². The number of nitrogens with zero attached hydrogens (tertiary/aromatic N) is 2. The van der Waals surface area contributed by atoms with Gasteiger partial charge in [-0.15, -0.1) is 0 Å². The van der Waals surface area contributed by atoms with Gasteiger partial charge in [-0.25, -0.2) is 9.18 Å². The summed E-state index contributed by atoms with van der Waals surface area (Å²) in [7, 11) is 2.99. The van der Waals surface area contributed by atoms with Crippen molar-refractivity contribution in [3.63, 3.8) is 0 Å². The summed E-state index contributed by atoms with van der Waals surface area (Å²) in [4.78, 5) is 25.1. The van der Waals surface area contributed by atoms with E-state index in [2.05, 4.69) is 20.7 Å². The van der Waals surface area contributed by atoms with Gasteiger partial charge < -0.3 is 18.6 Å². The van der Waals surface area contributed by atoms with E-state index < -0.39 is 17.7 Å². The van der Waals surface area contributed by atoms with E-state index in [1.54, 1.807) is 34.5 Å². The van der Waals surface area contributed by atoms with Gasteiger partial charge in [-0.1, -0.05) is 6.07 Å². The Bertz CT molecular complexity index is 1280. The molecule has 32 heavy (non-hydrogen) atoms. The number of ether oxygens (including phenoxy) is 2. The van der Waals surface area contributed by atoms with Crippen LogP contribution in [0.25, 0.3) is 0 Å². The van der Waals surface area contributed by atoms with Crippen LogP contribution in [0.15, 0.2) is 47.2 Å². The van der Waals surface area contributed by atoms with E-state index in [-0.39, 0.29) is 18.0 Å². The van der Waals surface area contributed by atoms with Crippen molar-refractivity contribution in [2.75, 3.05) is 13.7 Å². The van der Waals surface area contributed by atoms with E-state index >= 15 is 0 Å². The van der Waals surface area contributed by atoms with Crippen LogP contribution in [0.3, 0.4) is 0 Å². The van der Waals surface area contributed by atoms with Crippen LogP contribution in [0.1, 0.15) is 31.8 Å². The molecule has 1 aliphatic rings. The number of benzene rings is 2. The van der Waals surface area contributed by atoms with Crippen molar-refractivity contribution in [2.45, 2.75) is 13.0 Å². The first-order chi connectivity index (χ1) is 15.3. The first kappa shape index (κ1) is 22.0. The largest absolute Gasteiger partial charge is 0.491 e. The SMILES string of the molecule is COC(=O)c1cc(C[C@H]2COc3c(Br)cc(Cn4ccn(C)c4=N)cc3C2=O)ccc1F. The fourth-order valence-electron chi connectivity index (χ4n) is 3.80. The number of aryl methyl sites for hydroxylation is 1. The highest BCUT2D eigenvalue weighted by atomic mass is 79.9. The van der Waals surface area contributed by atoms with Crippen molar-refractivity contribution in [3.8, 4) is 5.75 Å². The second kappa shape index (κ2) is 8.74. The van der Waals surface area contributed by atoms with E-state index in [1.807, 2.05) is 12.3 Å². The summed E-state index contributed by atoms with van der Waals surface area (Å²) >= 11 is 3.49. The Morgan fingerprint density at radius 1 is 1.28 bits per heavy atom. The number of nitrogens with one attached hydrogen (secondary N) is 1. The summed E-state index contributed by atoms with van der Waals surface area (Å²) in [5.74, 6) is -1.49. The molecule has 0 saturated carbocycles. The summed E-state index contributed by atoms with van der Waals surface area (Å²) in [5, 5.41) is 8.10. The number of imidazole rings is 1. The fraction of sp³-hybridized carbons (Fsp3) is 0.261. The lowest BCUT2D eigenvalue weighted by molar-refractivity contribution is 0.0595. The first-order valence-electron chi connectivity index (χ1n) is 9.91. The lowest BCUT2D eigenvalue weighted by Crippen LogP contribution is -2.30. The molecule has 2 aromatic carbocycles. The summed E-state index contributed by atoms with van der Waals surface area (Å²) in [5.41, 5.74) is 2.14. The van der Waals surface area contributed by atoms with Gasteiger partial charge in [-0.05, 0) is 57.7 Å². The zero-order valence-electron chi connectivity index (χ0n) is 17.5. The number of rotatable bonds is 5. The van der Waals surface area contributed by atoms with Crippen LogP contribution in [-0.2, 0) is 24.8 Å². The molecule has 1 aliphatic heterocycles. The Labute approximate surface area is 192 Å². The monoisotopic (exact) mass is 501 g/mol. The molecular weight excluding hydrogens is 481 g/mol. The number of aromatic nitrogens is 2. The molecule has 0 saturated heterocycles. The third-order valence-corrected chi connectivity index (χ3v) is 6.10. The third-order valence-electron chi connectivity index (χ3n) is 5.52. The fourth-order valence-corrected chi connectivity index (χ4v) is 4.42. The Morgan fingerprint density at radius 3 is 2.75 bits per heavy atom. The van der Waals surface area contributed by atoms with Crippen molar-refractivity contribution >= 4 is 27.7 Å². The van der Waals surface area contributed by atoms with Crippen molar-refractivity contribution < 1.29 is 23.5 Å². The van der Waals surface area contributed by atoms with Crippen LogP contribution in [0, 0.1) is 17.1 Å². The summed E-state index contributed by atoms with van der Waals surface area (Å²) in [6.45, 7) is 0.614. The van der Waals surface area contributed by atoms with Crippen LogP contribution in [0.4, 0.5) is 4.39 Å². The molecule has 2 heterocycles. The molecule has 0 bridgehead atoms. The molecule has 0 radical (unpaired) electrons. The van der Waals surface area contributed by atoms with E-state index in [1.165, 1.54) is 19.2 Å². The van der Waals surface area contributed by atoms with E-state index in [4.69, 9.17) is 10.1 Å². The highest BCUT2D eigenvalue weighted by Crippen LogP contribution is 2.37. The number of esters is 1. The highest BCUT2D eigenvalue weighted by molar-refractivity contribution is 9.10. The maximum atomic E-state index is 13.9. The van der Waals surface area contributed by atoms with Gasteiger partial charge in [0.1, 0.15) is 11.6 Å². The summed E-state index contributed by atoms with van der Waals surface area (Å²) in [6, 6.07) is 7.85. The molecule has 3 aromatic rings. The van der Waals surface area contributed by atoms with E-state index in [0.29, 0.717) is 39.9 Å². The number of hydrogen-bond donors (Lipinski definition) is 1. The van der Waals surface area contributed by atoms with Crippen LogP contribution < -0.4 is 10.4 Å². The maximum absolute atomic E-state index is 13.9. The van der Waals surface area contributed by atoms with Gasteiger partial charge in [0.05, 0.1) is 41.8 Å².